The highest BCUT2D eigenvalue weighted by Crippen LogP contribution is 2.32. The molecule has 2 aromatic carbocycles. The molecule has 2 fully saturated rings. The molecule has 4 rings (SSSR count). The fourth-order valence-electron chi connectivity index (χ4n) is 4.27. The molecule has 0 saturated carbocycles. The lowest BCUT2D eigenvalue weighted by atomic mass is 10.0. The van der Waals surface area contributed by atoms with Crippen molar-refractivity contribution in [1.29, 1.82) is 0 Å². The van der Waals surface area contributed by atoms with Crippen molar-refractivity contribution in [3.63, 3.8) is 0 Å². The van der Waals surface area contributed by atoms with Crippen LogP contribution in [0.25, 0.3) is 0 Å². The first-order chi connectivity index (χ1) is 13.9. The van der Waals surface area contributed by atoms with Crippen molar-refractivity contribution in [3.8, 4) is 5.75 Å². The number of anilines is 1. The van der Waals surface area contributed by atoms with Crippen molar-refractivity contribution >= 4 is 33.0 Å². The van der Waals surface area contributed by atoms with Crippen LogP contribution >= 0.6 is 11.6 Å². The molecule has 0 aromatic heterocycles. The summed E-state index contributed by atoms with van der Waals surface area (Å²) in [5.74, 6) is 0.730. The molecular formula is C21H23ClN2O4S. The van der Waals surface area contributed by atoms with E-state index < -0.39 is 15.9 Å². The molecule has 154 valence electrons. The van der Waals surface area contributed by atoms with Crippen LogP contribution in [0.15, 0.2) is 48.5 Å². The molecule has 0 N–H and O–H groups in total. The maximum Gasteiger partial charge on any atom is 0.241 e. The molecule has 2 aromatic rings. The van der Waals surface area contributed by atoms with Crippen molar-refractivity contribution in [2.75, 3.05) is 36.6 Å². The third kappa shape index (κ3) is 4.27. The zero-order valence-electron chi connectivity index (χ0n) is 16.1. The van der Waals surface area contributed by atoms with Crippen molar-refractivity contribution in [3.05, 3.63) is 59.1 Å². The Morgan fingerprint density at radius 1 is 1.10 bits per heavy atom. The van der Waals surface area contributed by atoms with E-state index in [1.54, 1.807) is 36.3 Å². The van der Waals surface area contributed by atoms with E-state index in [-0.39, 0.29) is 30.0 Å². The first-order valence-corrected chi connectivity index (χ1v) is 11.7. The molecule has 2 heterocycles. The maximum absolute atomic E-state index is 13.0. The topological polar surface area (TPSA) is 66.9 Å². The van der Waals surface area contributed by atoms with Gasteiger partial charge in [0.05, 0.1) is 31.2 Å². The Morgan fingerprint density at radius 2 is 1.86 bits per heavy atom. The minimum atomic E-state index is -3.22. The quantitative estimate of drug-likeness (QED) is 0.723. The van der Waals surface area contributed by atoms with Crippen molar-refractivity contribution in [1.82, 2.24) is 4.90 Å². The van der Waals surface area contributed by atoms with Gasteiger partial charge in [-0.15, -0.1) is 0 Å². The lowest BCUT2D eigenvalue weighted by Crippen LogP contribution is -2.62. The molecule has 0 bridgehead atoms. The number of sulfone groups is 1. The second kappa shape index (κ2) is 7.97. The number of piperazine rings is 1. The summed E-state index contributed by atoms with van der Waals surface area (Å²) in [6.45, 7) is 0.798. The van der Waals surface area contributed by atoms with Crippen LogP contribution in [-0.4, -0.2) is 63.0 Å². The van der Waals surface area contributed by atoms with Gasteiger partial charge < -0.3 is 9.64 Å². The number of halogens is 1. The molecule has 2 saturated heterocycles. The van der Waals surface area contributed by atoms with Gasteiger partial charge in [-0.2, -0.15) is 0 Å². The summed E-state index contributed by atoms with van der Waals surface area (Å²) >= 11 is 6.10. The number of carbonyl (C=O) groups excluding carboxylic acids is 1. The van der Waals surface area contributed by atoms with Crippen LogP contribution in [0, 0.1) is 0 Å². The van der Waals surface area contributed by atoms with Gasteiger partial charge >= 0.3 is 0 Å². The maximum atomic E-state index is 13.0. The average Bonchev–Trinajstić information content (AvgIpc) is 3.01. The number of fused-ring (bicyclic) bond motifs is 1. The third-order valence-electron chi connectivity index (χ3n) is 5.61. The highest BCUT2D eigenvalue weighted by atomic mass is 35.5. The molecule has 2 aliphatic rings. The van der Waals surface area contributed by atoms with Gasteiger partial charge in [0.15, 0.2) is 9.84 Å². The van der Waals surface area contributed by atoms with Crippen LogP contribution in [0.3, 0.4) is 0 Å². The minimum absolute atomic E-state index is 0.0222. The summed E-state index contributed by atoms with van der Waals surface area (Å²) in [6, 6.07) is 14.2. The lowest BCUT2D eigenvalue weighted by Gasteiger charge is -2.43. The number of carbonyl (C=O) groups is 1. The van der Waals surface area contributed by atoms with E-state index in [0.29, 0.717) is 23.7 Å². The lowest BCUT2D eigenvalue weighted by molar-refractivity contribution is -0.123. The van der Waals surface area contributed by atoms with Gasteiger partial charge in [0.2, 0.25) is 5.91 Å². The first-order valence-electron chi connectivity index (χ1n) is 9.51. The van der Waals surface area contributed by atoms with Gasteiger partial charge in [0.25, 0.3) is 0 Å². The Kier molecular flexibility index (Phi) is 5.55. The van der Waals surface area contributed by atoms with Gasteiger partial charge in [-0.25, -0.2) is 8.42 Å². The monoisotopic (exact) mass is 434 g/mol. The summed E-state index contributed by atoms with van der Waals surface area (Å²) < 4.78 is 30.2. The van der Waals surface area contributed by atoms with Gasteiger partial charge in [-0.1, -0.05) is 29.8 Å². The summed E-state index contributed by atoms with van der Waals surface area (Å²) in [7, 11) is -1.59. The number of methoxy groups -OCH3 is 1. The summed E-state index contributed by atoms with van der Waals surface area (Å²) in [5, 5.41) is 0.521. The molecule has 0 radical (unpaired) electrons. The number of nitrogens with zero attached hydrogens (tertiary/aromatic N) is 2. The fourth-order valence-corrected chi connectivity index (χ4v) is 6.43. The Labute approximate surface area is 175 Å². The third-order valence-corrected chi connectivity index (χ3v) is 7.54. The van der Waals surface area contributed by atoms with Gasteiger partial charge in [0.1, 0.15) is 5.75 Å². The van der Waals surface area contributed by atoms with Gasteiger partial charge in [0, 0.05) is 23.3 Å². The zero-order valence-corrected chi connectivity index (χ0v) is 17.7. The molecule has 0 spiro atoms. The highest BCUT2D eigenvalue weighted by Gasteiger charge is 2.49. The van der Waals surface area contributed by atoms with Crippen LogP contribution in [0.2, 0.25) is 5.02 Å². The highest BCUT2D eigenvalue weighted by molar-refractivity contribution is 7.91. The largest absolute Gasteiger partial charge is 0.497 e. The normalized spacial score (nSPS) is 23.8. The second-order valence-electron chi connectivity index (χ2n) is 7.53. The van der Waals surface area contributed by atoms with E-state index in [9.17, 15) is 13.2 Å². The molecule has 1 amide bonds. The van der Waals surface area contributed by atoms with E-state index in [1.165, 1.54) is 0 Å². The Balaban J connectivity index is 1.57. The van der Waals surface area contributed by atoms with Crippen LogP contribution in [-0.2, 0) is 21.1 Å². The van der Waals surface area contributed by atoms with Gasteiger partial charge in [-0.3, -0.25) is 9.69 Å². The Hall–Kier alpha value is -2.09. The fraction of sp³-hybridized carbons (Fsp3) is 0.381. The molecule has 6 nitrogen and oxygen atoms in total. The second-order valence-corrected chi connectivity index (χ2v) is 10.1. The smallest absolute Gasteiger partial charge is 0.241 e. The zero-order chi connectivity index (χ0) is 20.6. The predicted molar refractivity (Wildman–Crippen MR) is 113 cm³/mol. The van der Waals surface area contributed by atoms with Crippen molar-refractivity contribution < 1.29 is 17.9 Å². The van der Waals surface area contributed by atoms with E-state index in [0.717, 1.165) is 11.3 Å². The van der Waals surface area contributed by atoms with Gasteiger partial charge in [-0.05, 0) is 42.3 Å². The van der Waals surface area contributed by atoms with E-state index in [4.69, 9.17) is 16.3 Å². The van der Waals surface area contributed by atoms with E-state index in [1.807, 2.05) is 29.2 Å². The molecule has 2 atom stereocenters. The number of ether oxygens (including phenoxy) is 1. The number of hydrogen-bond donors (Lipinski definition) is 0. The van der Waals surface area contributed by atoms with Crippen LogP contribution in [0.1, 0.15) is 5.56 Å². The average molecular weight is 435 g/mol. The predicted octanol–water partition coefficient (Wildman–Crippen LogP) is 2.41. The van der Waals surface area contributed by atoms with Crippen LogP contribution in [0.5, 0.6) is 5.75 Å². The van der Waals surface area contributed by atoms with Crippen molar-refractivity contribution in [2.24, 2.45) is 0 Å². The molecule has 2 aliphatic heterocycles. The standard InChI is InChI=1S/C21H23ClN2O4S/c1-28-18-7-2-4-15(10-18)8-9-23-12-21(25)24(17-6-3-5-16(22)11-17)20-14-29(26,27)13-19(20)23/h2-7,10-11,19-20H,8-9,12-14H2,1H3/t19-,20+/m0/s1. The first kappa shape index (κ1) is 20.2. The molecule has 8 heteroatoms. The Morgan fingerprint density at radius 3 is 2.62 bits per heavy atom. The van der Waals surface area contributed by atoms with Crippen LogP contribution in [0.4, 0.5) is 5.69 Å². The molecule has 29 heavy (non-hydrogen) atoms. The number of rotatable bonds is 5. The SMILES string of the molecule is COc1cccc(CCN2CC(=O)N(c3cccc(Cl)c3)[C@@H]3CS(=O)(=O)C[C@@H]32)c1. The van der Waals surface area contributed by atoms with Crippen LogP contribution < -0.4 is 9.64 Å². The molecule has 0 aliphatic carbocycles. The van der Waals surface area contributed by atoms with E-state index in [2.05, 4.69) is 0 Å². The van der Waals surface area contributed by atoms with E-state index >= 15 is 0 Å². The Bertz CT molecular complexity index is 1030. The number of benzene rings is 2. The molecular weight excluding hydrogens is 412 g/mol. The van der Waals surface area contributed by atoms with Crippen molar-refractivity contribution in [2.45, 2.75) is 18.5 Å². The number of hydrogen-bond acceptors (Lipinski definition) is 5. The minimum Gasteiger partial charge on any atom is -0.497 e. The summed E-state index contributed by atoms with van der Waals surface area (Å²) in [5.41, 5.74) is 1.74. The summed E-state index contributed by atoms with van der Waals surface area (Å²) in [6.07, 6.45) is 0.713. The summed E-state index contributed by atoms with van der Waals surface area (Å²) in [4.78, 5) is 16.6. The molecule has 0 unspecified atom stereocenters. The number of amides is 1.